The molecule has 4 heteroatoms. The van der Waals surface area contributed by atoms with Gasteiger partial charge in [-0.1, -0.05) is 36.4 Å². The lowest BCUT2D eigenvalue weighted by Crippen LogP contribution is -2.35. The first-order valence-corrected chi connectivity index (χ1v) is 11.9. The molecule has 2 rings (SSSR count). The molecule has 0 aliphatic rings. The lowest BCUT2D eigenvalue weighted by atomic mass is 10.1. The third-order valence-electron chi connectivity index (χ3n) is 5.21. The molecule has 0 spiro atoms. The molecule has 2 aromatic carbocycles. The molecule has 0 amide bonds. The minimum Gasteiger partial charge on any atom is -0.494 e. The van der Waals surface area contributed by atoms with Crippen molar-refractivity contribution in [1.82, 2.24) is 0 Å². The Morgan fingerprint density at radius 2 is 0.875 bits per heavy atom. The minimum absolute atomic E-state index is 0.777. The van der Waals surface area contributed by atoms with Crippen LogP contribution in [0.25, 0.3) is 12.2 Å². The minimum atomic E-state index is 0.777. The van der Waals surface area contributed by atoms with Crippen LogP contribution in [0.3, 0.4) is 0 Å². The third kappa shape index (κ3) is 11.9. The number of hydrogen-bond donors (Lipinski definition) is 0. The monoisotopic (exact) mass is 440 g/mol. The van der Waals surface area contributed by atoms with Crippen molar-refractivity contribution < 1.29 is 18.4 Å². The largest absolute Gasteiger partial charge is 0.494 e. The molecule has 32 heavy (non-hydrogen) atoms. The van der Waals surface area contributed by atoms with Crippen molar-refractivity contribution in [2.24, 2.45) is 0 Å². The molecule has 0 N–H and O–H groups in total. The average molecular weight is 441 g/mol. The maximum Gasteiger partial charge on any atom is 0.119 e. The molecule has 0 aliphatic carbocycles. The van der Waals surface area contributed by atoms with Gasteiger partial charge in [-0.05, 0) is 61.1 Å². The fraction of sp³-hybridized carbons (Fsp3) is 0.500. The van der Waals surface area contributed by atoms with E-state index in [-0.39, 0.29) is 0 Å². The van der Waals surface area contributed by atoms with Crippen LogP contribution in [-0.4, -0.2) is 77.6 Å². The Balaban J connectivity index is 1.70. The van der Waals surface area contributed by atoms with Crippen LogP contribution in [0.4, 0.5) is 0 Å². The van der Waals surface area contributed by atoms with E-state index < -0.39 is 0 Å². The van der Waals surface area contributed by atoms with Gasteiger partial charge in [0.2, 0.25) is 0 Å². The van der Waals surface area contributed by atoms with Gasteiger partial charge in [-0.3, -0.25) is 0 Å². The fourth-order valence-electron chi connectivity index (χ4n) is 3.30. The normalized spacial score (nSPS) is 12.3. The van der Waals surface area contributed by atoms with Gasteiger partial charge in [0.1, 0.15) is 11.5 Å². The van der Waals surface area contributed by atoms with Crippen LogP contribution in [0.5, 0.6) is 11.5 Å². The van der Waals surface area contributed by atoms with E-state index in [1.165, 1.54) is 37.1 Å². The topological polar surface area (TPSA) is 18.5 Å². The second-order valence-electron chi connectivity index (χ2n) is 10.6. The van der Waals surface area contributed by atoms with Gasteiger partial charge in [0.05, 0.1) is 68.6 Å². The molecule has 0 saturated heterocycles. The summed E-state index contributed by atoms with van der Waals surface area (Å²) in [6.07, 6.45) is 8.81. The van der Waals surface area contributed by atoms with E-state index in [0.717, 1.165) is 46.5 Å². The Hall–Kier alpha value is -2.30. The van der Waals surface area contributed by atoms with E-state index in [9.17, 15) is 0 Å². The van der Waals surface area contributed by atoms with Gasteiger partial charge in [0, 0.05) is 0 Å². The Morgan fingerprint density at radius 3 is 1.19 bits per heavy atom. The van der Waals surface area contributed by atoms with E-state index in [2.05, 4.69) is 103 Å². The molecular weight excluding hydrogens is 396 g/mol. The van der Waals surface area contributed by atoms with Crippen molar-refractivity contribution in [2.45, 2.75) is 25.7 Å². The van der Waals surface area contributed by atoms with Gasteiger partial charge in [-0.15, -0.1) is 0 Å². The molecule has 0 fully saturated rings. The zero-order valence-corrected chi connectivity index (χ0v) is 21.1. The van der Waals surface area contributed by atoms with Crippen LogP contribution in [0.2, 0.25) is 0 Å². The van der Waals surface area contributed by atoms with Crippen molar-refractivity contribution in [1.29, 1.82) is 0 Å². The summed E-state index contributed by atoms with van der Waals surface area (Å²) < 4.78 is 13.8. The zero-order chi connectivity index (χ0) is 23.5. The van der Waals surface area contributed by atoms with Crippen LogP contribution < -0.4 is 9.47 Å². The van der Waals surface area contributed by atoms with E-state index in [1.54, 1.807) is 0 Å². The van der Waals surface area contributed by atoms with E-state index in [1.807, 2.05) is 0 Å². The molecule has 2 aromatic rings. The van der Waals surface area contributed by atoms with Crippen molar-refractivity contribution >= 4 is 12.2 Å². The first-order valence-electron chi connectivity index (χ1n) is 11.9. The molecule has 0 radical (unpaired) electrons. The predicted octanol–water partition coefficient (Wildman–Crippen LogP) is 5.59. The van der Waals surface area contributed by atoms with Gasteiger partial charge < -0.3 is 18.4 Å². The fourth-order valence-corrected chi connectivity index (χ4v) is 3.30. The Morgan fingerprint density at radius 1 is 0.531 bits per heavy atom. The van der Waals surface area contributed by atoms with Gasteiger partial charge in [-0.25, -0.2) is 0 Å². The molecule has 0 heterocycles. The smallest absolute Gasteiger partial charge is 0.119 e. The highest BCUT2D eigenvalue weighted by Crippen LogP contribution is 2.17. The van der Waals surface area contributed by atoms with Crippen molar-refractivity contribution in [3.05, 3.63) is 59.7 Å². The quantitative estimate of drug-likeness (QED) is 0.217. The average Bonchev–Trinajstić information content (AvgIpc) is 2.72. The highest BCUT2D eigenvalue weighted by Gasteiger charge is 2.06. The number of benzene rings is 2. The lowest BCUT2D eigenvalue weighted by Gasteiger charge is -2.23. The number of unbranched alkanes of at least 4 members (excludes halogenated alkanes) is 2. The SMILES string of the molecule is C[N+](C)(C)CCCCOc1ccc(/C=C/c2ccc(OCCCC[N+](C)(C)C)cc2)cc1. The molecule has 0 atom stereocenters. The number of hydrogen-bond acceptors (Lipinski definition) is 2. The number of ether oxygens (including phenoxy) is 2. The standard InChI is InChI=1S/C28H44N2O2/c1-29(2,3)21-7-9-23-31-27-17-13-25(14-18-27)11-12-26-15-19-28(20-16-26)32-24-10-8-22-30(4,5)6/h11-20H,7-10,21-24H2,1-6H3/q+2/b12-11+. The Labute approximate surface area is 196 Å². The zero-order valence-electron chi connectivity index (χ0n) is 21.1. The van der Waals surface area contributed by atoms with Crippen molar-refractivity contribution in [2.75, 3.05) is 68.6 Å². The summed E-state index contributed by atoms with van der Waals surface area (Å²) in [5, 5.41) is 0. The maximum atomic E-state index is 5.87. The maximum absolute atomic E-state index is 5.87. The Bertz CT molecular complexity index is 728. The molecule has 4 nitrogen and oxygen atoms in total. The van der Waals surface area contributed by atoms with Crippen LogP contribution in [0.15, 0.2) is 48.5 Å². The summed E-state index contributed by atoms with van der Waals surface area (Å²) in [5.74, 6) is 1.88. The first kappa shape index (κ1) is 26.0. The third-order valence-corrected chi connectivity index (χ3v) is 5.21. The van der Waals surface area contributed by atoms with Crippen molar-refractivity contribution in [3.63, 3.8) is 0 Å². The molecule has 176 valence electrons. The van der Waals surface area contributed by atoms with Crippen molar-refractivity contribution in [3.8, 4) is 11.5 Å². The van der Waals surface area contributed by atoms with Gasteiger partial charge in [0.15, 0.2) is 0 Å². The second kappa shape index (κ2) is 12.7. The van der Waals surface area contributed by atoms with E-state index in [4.69, 9.17) is 9.47 Å². The van der Waals surface area contributed by atoms with Crippen LogP contribution >= 0.6 is 0 Å². The number of rotatable bonds is 14. The number of quaternary nitrogens is 2. The van der Waals surface area contributed by atoms with Crippen LogP contribution in [-0.2, 0) is 0 Å². The molecule has 0 aromatic heterocycles. The molecule has 0 bridgehead atoms. The summed E-state index contributed by atoms with van der Waals surface area (Å²) >= 11 is 0. The lowest BCUT2D eigenvalue weighted by molar-refractivity contribution is -0.870. The highest BCUT2D eigenvalue weighted by atomic mass is 16.5. The molecule has 0 aliphatic heterocycles. The Kier molecular flexibility index (Phi) is 10.3. The molecule has 0 unspecified atom stereocenters. The van der Waals surface area contributed by atoms with Gasteiger partial charge in [0.25, 0.3) is 0 Å². The summed E-state index contributed by atoms with van der Waals surface area (Å²) in [6, 6.07) is 16.6. The molecule has 0 saturated carbocycles. The predicted molar refractivity (Wildman–Crippen MR) is 137 cm³/mol. The number of nitrogens with zero attached hydrogens (tertiary/aromatic N) is 2. The summed E-state index contributed by atoms with van der Waals surface area (Å²) in [7, 11) is 13.4. The van der Waals surface area contributed by atoms with E-state index in [0.29, 0.717) is 0 Å². The molecular formula is C28H44N2O2+2. The summed E-state index contributed by atoms with van der Waals surface area (Å²) in [5.41, 5.74) is 2.33. The van der Waals surface area contributed by atoms with Gasteiger partial charge >= 0.3 is 0 Å². The first-order chi connectivity index (χ1) is 15.1. The summed E-state index contributed by atoms with van der Waals surface area (Å²) in [6.45, 7) is 3.91. The second-order valence-corrected chi connectivity index (χ2v) is 10.6. The van der Waals surface area contributed by atoms with E-state index >= 15 is 0 Å². The van der Waals surface area contributed by atoms with Crippen LogP contribution in [0, 0.1) is 0 Å². The van der Waals surface area contributed by atoms with Gasteiger partial charge in [-0.2, -0.15) is 0 Å². The van der Waals surface area contributed by atoms with Crippen LogP contribution in [0.1, 0.15) is 36.8 Å². The highest BCUT2D eigenvalue weighted by molar-refractivity contribution is 5.70. The summed E-state index contributed by atoms with van der Waals surface area (Å²) in [4.78, 5) is 0.